The van der Waals surface area contributed by atoms with E-state index in [0.29, 0.717) is 6.07 Å². The minimum absolute atomic E-state index is 0.0220. The number of benzene rings is 2. The molecule has 4 rings (SSSR count). The van der Waals surface area contributed by atoms with Crippen LogP contribution in [0.15, 0.2) is 47.4 Å². The van der Waals surface area contributed by atoms with Gasteiger partial charge in [0.25, 0.3) is 11.8 Å². The molecule has 2 aromatic carbocycles. The van der Waals surface area contributed by atoms with Crippen molar-refractivity contribution < 1.29 is 31.6 Å². The molecule has 1 fully saturated rings. The number of sulfonamides is 1. The normalized spacial score (nSPS) is 17.9. The second kappa shape index (κ2) is 8.88. The second-order valence-corrected chi connectivity index (χ2v) is 10.5. The Morgan fingerprint density at radius 2 is 1.44 bits per heavy atom. The van der Waals surface area contributed by atoms with Gasteiger partial charge in [-0.05, 0) is 36.2 Å². The molecule has 2 aromatic rings. The molecule has 0 spiro atoms. The maximum Gasteiger partial charge on any atom is 0.262 e. The van der Waals surface area contributed by atoms with Gasteiger partial charge in [-0.25, -0.2) is 17.2 Å². The number of imide groups is 1. The number of fused-ring (bicyclic) bond motifs is 1. The molecule has 2 heterocycles. The molecule has 11 heteroatoms. The molecule has 3 amide bonds. The second-order valence-electron chi connectivity index (χ2n) is 8.52. The van der Waals surface area contributed by atoms with Gasteiger partial charge in [-0.2, -0.15) is 4.31 Å². The van der Waals surface area contributed by atoms with Crippen LogP contribution in [0.1, 0.15) is 34.6 Å². The minimum Gasteiger partial charge on any atom is -0.338 e. The van der Waals surface area contributed by atoms with Crippen molar-refractivity contribution in [1.29, 1.82) is 0 Å². The van der Waals surface area contributed by atoms with E-state index < -0.39 is 45.4 Å². The summed E-state index contributed by atoms with van der Waals surface area (Å²) in [5.41, 5.74) is 0.488. The summed E-state index contributed by atoms with van der Waals surface area (Å²) in [6, 6.07) is 7.69. The van der Waals surface area contributed by atoms with Crippen LogP contribution in [-0.4, -0.2) is 72.5 Å². The third kappa shape index (κ3) is 3.98. The molecule has 2 aliphatic heterocycles. The molecule has 0 saturated carbocycles. The molecular formula is C23H23F2N3O5S. The Kier molecular flexibility index (Phi) is 6.26. The molecule has 8 nitrogen and oxygen atoms in total. The number of rotatable bonds is 5. The molecule has 1 unspecified atom stereocenters. The van der Waals surface area contributed by atoms with E-state index in [4.69, 9.17) is 0 Å². The Morgan fingerprint density at radius 1 is 0.882 bits per heavy atom. The highest BCUT2D eigenvalue weighted by Crippen LogP contribution is 2.28. The fourth-order valence-electron chi connectivity index (χ4n) is 4.28. The predicted octanol–water partition coefficient (Wildman–Crippen LogP) is 2.12. The van der Waals surface area contributed by atoms with Crippen LogP contribution in [0, 0.1) is 17.6 Å². The van der Waals surface area contributed by atoms with Crippen LogP contribution in [0.25, 0.3) is 0 Å². The zero-order valence-electron chi connectivity index (χ0n) is 18.6. The summed E-state index contributed by atoms with van der Waals surface area (Å²) in [5, 5.41) is 0. The van der Waals surface area contributed by atoms with E-state index >= 15 is 0 Å². The lowest BCUT2D eigenvalue weighted by molar-refractivity contribution is -0.138. The van der Waals surface area contributed by atoms with Crippen molar-refractivity contribution in [3.05, 3.63) is 65.2 Å². The third-order valence-corrected chi connectivity index (χ3v) is 7.96. The van der Waals surface area contributed by atoms with Gasteiger partial charge in [-0.3, -0.25) is 19.3 Å². The number of nitrogens with zero attached hydrogens (tertiary/aromatic N) is 3. The van der Waals surface area contributed by atoms with Crippen LogP contribution in [-0.2, 0) is 14.8 Å². The topological polar surface area (TPSA) is 95.1 Å². The fraction of sp³-hybridized carbons (Fsp3) is 0.348. The van der Waals surface area contributed by atoms with Crippen molar-refractivity contribution in [3.63, 3.8) is 0 Å². The lowest BCUT2D eigenvalue weighted by atomic mass is 10.0. The average Bonchev–Trinajstić information content (AvgIpc) is 3.06. The molecule has 2 aliphatic rings. The average molecular weight is 492 g/mol. The Bertz CT molecular complexity index is 1240. The standard InChI is InChI=1S/C23H23F2N3O5S/c1-14(2)20(28-21(29)16-5-3-4-6-17(16)22(28)30)23(31)26-9-11-27(12-10-26)34(32,33)15-7-8-18(24)19(25)13-15/h3-8,13-14,20H,9-12H2,1-2H3. The lowest BCUT2D eigenvalue weighted by Crippen LogP contribution is -2.58. The summed E-state index contributed by atoms with van der Waals surface area (Å²) in [4.78, 5) is 41.3. The van der Waals surface area contributed by atoms with Crippen LogP contribution in [0.2, 0.25) is 0 Å². The van der Waals surface area contributed by atoms with Gasteiger partial charge in [-0.1, -0.05) is 26.0 Å². The largest absolute Gasteiger partial charge is 0.338 e. The Balaban J connectivity index is 1.50. The van der Waals surface area contributed by atoms with E-state index in [-0.39, 0.29) is 48.1 Å². The van der Waals surface area contributed by atoms with Gasteiger partial charge in [0, 0.05) is 26.2 Å². The Morgan fingerprint density at radius 3 is 1.94 bits per heavy atom. The van der Waals surface area contributed by atoms with Gasteiger partial charge in [0.15, 0.2) is 11.6 Å². The lowest BCUT2D eigenvalue weighted by Gasteiger charge is -2.38. The highest BCUT2D eigenvalue weighted by molar-refractivity contribution is 7.89. The molecule has 0 radical (unpaired) electrons. The quantitative estimate of drug-likeness (QED) is 0.598. The molecular weight excluding hydrogens is 468 g/mol. The first kappa shape index (κ1) is 24.0. The SMILES string of the molecule is CC(C)C(C(=O)N1CCN(S(=O)(=O)c2ccc(F)c(F)c2)CC1)N1C(=O)c2ccccc2C1=O. The first-order valence-electron chi connectivity index (χ1n) is 10.7. The van der Waals surface area contributed by atoms with E-state index in [1.54, 1.807) is 38.1 Å². The van der Waals surface area contributed by atoms with E-state index in [2.05, 4.69) is 0 Å². The predicted molar refractivity (Wildman–Crippen MR) is 117 cm³/mol. The Hall–Kier alpha value is -3.18. The molecule has 34 heavy (non-hydrogen) atoms. The maximum absolute atomic E-state index is 13.5. The van der Waals surface area contributed by atoms with Crippen molar-refractivity contribution in [2.45, 2.75) is 24.8 Å². The fourth-order valence-corrected chi connectivity index (χ4v) is 5.71. The zero-order valence-corrected chi connectivity index (χ0v) is 19.4. The monoisotopic (exact) mass is 491 g/mol. The Labute approximate surface area is 195 Å². The molecule has 0 N–H and O–H groups in total. The summed E-state index contributed by atoms with van der Waals surface area (Å²) in [7, 11) is -4.09. The van der Waals surface area contributed by atoms with Gasteiger partial charge >= 0.3 is 0 Å². The summed E-state index contributed by atoms with van der Waals surface area (Å²) >= 11 is 0. The number of carbonyl (C=O) groups is 3. The number of halogens is 2. The van der Waals surface area contributed by atoms with Crippen LogP contribution in [0.5, 0.6) is 0 Å². The van der Waals surface area contributed by atoms with Crippen molar-refractivity contribution in [2.75, 3.05) is 26.2 Å². The number of piperazine rings is 1. The van der Waals surface area contributed by atoms with Gasteiger partial charge in [0.1, 0.15) is 6.04 Å². The summed E-state index contributed by atoms with van der Waals surface area (Å²) in [6.07, 6.45) is 0. The minimum atomic E-state index is -4.09. The van der Waals surface area contributed by atoms with Crippen molar-refractivity contribution in [2.24, 2.45) is 5.92 Å². The van der Waals surface area contributed by atoms with E-state index in [0.717, 1.165) is 21.3 Å². The smallest absolute Gasteiger partial charge is 0.262 e. The van der Waals surface area contributed by atoms with Crippen molar-refractivity contribution >= 4 is 27.7 Å². The van der Waals surface area contributed by atoms with Gasteiger partial charge in [0.05, 0.1) is 16.0 Å². The third-order valence-electron chi connectivity index (χ3n) is 6.07. The number of carbonyl (C=O) groups excluding carboxylic acids is 3. The first-order valence-corrected chi connectivity index (χ1v) is 12.2. The van der Waals surface area contributed by atoms with Crippen LogP contribution in [0.4, 0.5) is 8.78 Å². The summed E-state index contributed by atoms with van der Waals surface area (Å²) in [5.74, 6) is -4.31. The molecule has 1 atom stereocenters. The summed E-state index contributed by atoms with van der Waals surface area (Å²) < 4.78 is 53.5. The zero-order chi connectivity index (χ0) is 24.8. The van der Waals surface area contributed by atoms with Crippen molar-refractivity contribution in [1.82, 2.24) is 14.1 Å². The molecule has 0 aliphatic carbocycles. The van der Waals surface area contributed by atoms with Crippen LogP contribution in [0.3, 0.4) is 0 Å². The molecule has 0 bridgehead atoms. The molecule has 180 valence electrons. The van der Waals surface area contributed by atoms with Crippen molar-refractivity contribution in [3.8, 4) is 0 Å². The number of hydrogen-bond acceptors (Lipinski definition) is 5. The summed E-state index contributed by atoms with van der Waals surface area (Å²) in [6.45, 7) is 3.37. The maximum atomic E-state index is 13.5. The molecule has 1 saturated heterocycles. The van der Waals surface area contributed by atoms with E-state index in [9.17, 15) is 31.6 Å². The highest BCUT2D eigenvalue weighted by Gasteiger charge is 2.45. The number of hydrogen-bond donors (Lipinski definition) is 0. The van der Waals surface area contributed by atoms with Gasteiger partial charge in [0.2, 0.25) is 15.9 Å². The van der Waals surface area contributed by atoms with E-state index in [1.807, 2.05) is 0 Å². The number of amides is 3. The first-order chi connectivity index (χ1) is 16.0. The highest BCUT2D eigenvalue weighted by atomic mass is 32.2. The van der Waals surface area contributed by atoms with Gasteiger partial charge in [-0.15, -0.1) is 0 Å². The van der Waals surface area contributed by atoms with Crippen LogP contribution < -0.4 is 0 Å². The van der Waals surface area contributed by atoms with Gasteiger partial charge < -0.3 is 4.90 Å². The van der Waals surface area contributed by atoms with Crippen LogP contribution >= 0.6 is 0 Å². The van der Waals surface area contributed by atoms with E-state index in [1.165, 1.54) is 4.90 Å². The molecule has 0 aromatic heterocycles.